The second-order valence-electron chi connectivity index (χ2n) is 4.39. The van der Waals surface area contributed by atoms with Gasteiger partial charge in [0.1, 0.15) is 0 Å². The molecule has 1 fully saturated rings. The molecule has 17 heavy (non-hydrogen) atoms. The van der Waals surface area contributed by atoms with E-state index in [1.807, 2.05) is 0 Å². The molecule has 0 aromatic carbocycles. The van der Waals surface area contributed by atoms with Gasteiger partial charge in [-0.15, -0.1) is 0 Å². The quantitative estimate of drug-likeness (QED) is 0.654. The summed E-state index contributed by atoms with van der Waals surface area (Å²) in [6, 6.07) is 0. The van der Waals surface area contributed by atoms with Gasteiger partial charge in [0.15, 0.2) is 0 Å². The number of carbonyl (C=O) groups is 1. The number of sulfonamides is 1. The van der Waals surface area contributed by atoms with E-state index in [1.165, 1.54) is 0 Å². The van der Waals surface area contributed by atoms with E-state index < -0.39 is 10.0 Å². The van der Waals surface area contributed by atoms with Gasteiger partial charge in [-0.05, 0) is 25.2 Å². The lowest BCUT2D eigenvalue weighted by Gasteiger charge is -2.20. The van der Waals surface area contributed by atoms with Crippen LogP contribution in [0.2, 0.25) is 0 Å². The summed E-state index contributed by atoms with van der Waals surface area (Å²) in [7, 11) is -3.48. The second kappa shape index (κ2) is 6.93. The Morgan fingerprint density at radius 1 is 1.47 bits per heavy atom. The van der Waals surface area contributed by atoms with Crippen LogP contribution in [0.1, 0.15) is 25.7 Å². The molecule has 0 aromatic heterocycles. The van der Waals surface area contributed by atoms with E-state index in [-0.39, 0.29) is 18.2 Å². The molecule has 1 rings (SSSR count). The number of piperidine rings is 1. The third-order valence-corrected chi connectivity index (χ3v) is 3.58. The van der Waals surface area contributed by atoms with Crippen LogP contribution >= 0.6 is 0 Å². The number of hydrogen-bond acceptors (Lipinski definition) is 3. The smallest absolute Gasteiger partial charge is 0.220 e. The third kappa shape index (κ3) is 7.30. The van der Waals surface area contributed by atoms with Crippen LogP contribution in [0, 0.1) is 5.92 Å². The van der Waals surface area contributed by atoms with Gasteiger partial charge >= 0.3 is 0 Å². The first-order valence-electron chi connectivity index (χ1n) is 5.88. The molecule has 1 heterocycles. The summed E-state index contributed by atoms with van der Waals surface area (Å²) in [6.45, 7) is 1.88. The number of primary sulfonamides is 1. The molecule has 1 amide bonds. The van der Waals surface area contributed by atoms with E-state index in [9.17, 15) is 13.2 Å². The van der Waals surface area contributed by atoms with Crippen LogP contribution in [0.15, 0.2) is 0 Å². The maximum absolute atomic E-state index is 11.4. The first-order chi connectivity index (χ1) is 7.97. The van der Waals surface area contributed by atoms with Crippen molar-refractivity contribution in [3.05, 3.63) is 0 Å². The Morgan fingerprint density at radius 3 is 2.82 bits per heavy atom. The summed E-state index contributed by atoms with van der Waals surface area (Å²) in [6.07, 6.45) is 3.50. The van der Waals surface area contributed by atoms with Crippen LogP contribution in [0.25, 0.3) is 0 Å². The SMILES string of the molecule is NS(=O)(=O)CCNC(=O)CCC1CCC[N]C1. The minimum atomic E-state index is -3.48. The Bertz CT molecular complexity index is 337. The molecule has 0 bridgehead atoms. The molecular weight excluding hydrogens is 242 g/mol. The fourth-order valence-corrected chi connectivity index (χ4v) is 2.24. The molecule has 3 N–H and O–H groups in total. The van der Waals surface area contributed by atoms with E-state index in [1.54, 1.807) is 0 Å². The van der Waals surface area contributed by atoms with Crippen molar-refractivity contribution in [1.29, 1.82) is 0 Å². The molecule has 1 saturated heterocycles. The Hall–Kier alpha value is -0.660. The van der Waals surface area contributed by atoms with Crippen LogP contribution in [0.3, 0.4) is 0 Å². The lowest BCUT2D eigenvalue weighted by Crippen LogP contribution is -2.32. The van der Waals surface area contributed by atoms with Crippen molar-refractivity contribution in [2.24, 2.45) is 11.1 Å². The molecule has 1 aliphatic rings. The number of nitrogens with one attached hydrogen (secondary N) is 1. The summed E-state index contributed by atoms with van der Waals surface area (Å²) in [4.78, 5) is 11.4. The van der Waals surface area contributed by atoms with Gasteiger partial charge in [0, 0.05) is 26.1 Å². The minimum Gasteiger partial charge on any atom is -0.355 e. The summed E-state index contributed by atoms with van der Waals surface area (Å²) in [5, 5.41) is 11.7. The zero-order valence-electron chi connectivity index (χ0n) is 9.89. The molecule has 0 spiro atoms. The molecule has 6 nitrogen and oxygen atoms in total. The lowest BCUT2D eigenvalue weighted by molar-refractivity contribution is -0.121. The van der Waals surface area contributed by atoms with Crippen molar-refractivity contribution in [1.82, 2.24) is 10.6 Å². The maximum atomic E-state index is 11.4. The minimum absolute atomic E-state index is 0.0900. The molecule has 0 aromatic rings. The van der Waals surface area contributed by atoms with E-state index in [4.69, 9.17) is 5.14 Å². The van der Waals surface area contributed by atoms with Crippen LogP contribution in [0.5, 0.6) is 0 Å². The van der Waals surface area contributed by atoms with E-state index in [0.717, 1.165) is 32.4 Å². The molecule has 99 valence electrons. The number of carbonyl (C=O) groups excluding carboxylic acids is 1. The molecule has 0 saturated carbocycles. The van der Waals surface area contributed by atoms with Crippen LogP contribution in [-0.4, -0.2) is 39.7 Å². The Labute approximate surface area is 102 Å². The number of amides is 1. The topological polar surface area (TPSA) is 103 Å². The predicted molar refractivity (Wildman–Crippen MR) is 64.8 cm³/mol. The number of hydrogen-bond donors (Lipinski definition) is 2. The summed E-state index contributed by atoms with van der Waals surface area (Å²) < 4.78 is 21.3. The number of nitrogens with zero attached hydrogens (tertiary/aromatic N) is 1. The largest absolute Gasteiger partial charge is 0.355 e. The van der Waals surface area contributed by atoms with Crippen molar-refractivity contribution >= 4 is 15.9 Å². The van der Waals surface area contributed by atoms with Gasteiger partial charge in [-0.25, -0.2) is 18.9 Å². The van der Waals surface area contributed by atoms with Gasteiger partial charge < -0.3 is 5.32 Å². The maximum Gasteiger partial charge on any atom is 0.220 e. The van der Waals surface area contributed by atoms with Gasteiger partial charge in [-0.3, -0.25) is 4.79 Å². The van der Waals surface area contributed by atoms with Gasteiger partial charge in [-0.1, -0.05) is 0 Å². The van der Waals surface area contributed by atoms with Crippen LogP contribution in [-0.2, 0) is 14.8 Å². The first-order valence-corrected chi connectivity index (χ1v) is 7.59. The third-order valence-electron chi connectivity index (χ3n) is 2.80. The average molecular weight is 262 g/mol. The molecule has 7 heteroatoms. The second-order valence-corrected chi connectivity index (χ2v) is 6.13. The summed E-state index contributed by atoms with van der Waals surface area (Å²) in [5.74, 6) is 0.185. The zero-order chi connectivity index (χ0) is 12.7. The molecular formula is C10H20N3O3S. The molecule has 1 atom stereocenters. The van der Waals surface area contributed by atoms with Crippen molar-refractivity contribution in [2.75, 3.05) is 25.4 Å². The monoisotopic (exact) mass is 262 g/mol. The molecule has 1 aliphatic heterocycles. The van der Waals surface area contributed by atoms with E-state index >= 15 is 0 Å². The lowest BCUT2D eigenvalue weighted by atomic mass is 9.94. The molecule has 1 radical (unpaired) electrons. The summed E-state index contributed by atoms with van der Waals surface area (Å²) in [5.41, 5.74) is 0. The van der Waals surface area contributed by atoms with E-state index in [2.05, 4.69) is 10.6 Å². The van der Waals surface area contributed by atoms with Crippen molar-refractivity contribution < 1.29 is 13.2 Å². The number of nitrogens with two attached hydrogens (primary N) is 1. The predicted octanol–water partition coefficient (Wildman–Crippen LogP) is -0.814. The summed E-state index contributed by atoms with van der Waals surface area (Å²) >= 11 is 0. The molecule has 0 aliphatic carbocycles. The molecule has 1 unspecified atom stereocenters. The Balaban J connectivity index is 2.08. The van der Waals surface area contributed by atoms with Gasteiger partial charge in [0.25, 0.3) is 0 Å². The highest BCUT2D eigenvalue weighted by Gasteiger charge is 2.15. The highest BCUT2D eigenvalue weighted by Crippen LogP contribution is 2.16. The van der Waals surface area contributed by atoms with E-state index in [0.29, 0.717) is 12.3 Å². The van der Waals surface area contributed by atoms with Gasteiger partial charge in [0.05, 0.1) is 5.75 Å². The van der Waals surface area contributed by atoms with Crippen molar-refractivity contribution in [2.45, 2.75) is 25.7 Å². The Morgan fingerprint density at radius 2 is 2.24 bits per heavy atom. The zero-order valence-corrected chi connectivity index (χ0v) is 10.7. The van der Waals surface area contributed by atoms with Crippen LogP contribution in [0.4, 0.5) is 0 Å². The number of rotatable bonds is 6. The first kappa shape index (κ1) is 14.4. The van der Waals surface area contributed by atoms with Crippen LogP contribution < -0.4 is 15.8 Å². The fourth-order valence-electron chi connectivity index (χ4n) is 1.85. The Kier molecular flexibility index (Phi) is 5.87. The van der Waals surface area contributed by atoms with Crippen molar-refractivity contribution in [3.63, 3.8) is 0 Å². The van der Waals surface area contributed by atoms with Gasteiger partial charge in [0.2, 0.25) is 15.9 Å². The fraction of sp³-hybridized carbons (Fsp3) is 0.900. The highest BCUT2D eigenvalue weighted by molar-refractivity contribution is 7.89. The standard InChI is InChI=1S/C10H20N3O3S/c11-17(15,16)7-6-13-10(14)4-3-9-2-1-5-12-8-9/h9H,1-8H2,(H,13,14)(H2,11,15,16). The highest BCUT2D eigenvalue weighted by atomic mass is 32.2. The van der Waals surface area contributed by atoms with Crippen molar-refractivity contribution in [3.8, 4) is 0 Å². The normalized spacial score (nSPS) is 21.1. The van der Waals surface area contributed by atoms with Gasteiger partial charge in [-0.2, -0.15) is 0 Å². The average Bonchev–Trinajstić information content (AvgIpc) is 2.26.